The lowest BCUT2D eigenvalue weighted by molar-refractivity contribution is -0.269. The lowest BCUT2D eigenvalue weighted by atomic mass is 10.1. The van der Waals surface area contributed by atoms with E-state index in [0.717, 1.165) is 13.8 Å². The zero-order valence-electron chi connectivity index (χ0n) is 15.0. The quantitative estimate of drug-likeness (QED) is 0.620. The molecule has 0 aliphatic rings. The molecule has 7 heteroatoms. The van der Waals surface area contributed by atoms with Crippen molar-refractivity contribution in [2.45, 2.75) is 90.1 Å². The second kappa shape index (κ2) is 5.98. The number of alkyl halides is 3. The van der Waals surface area contributed by atoms with E-state index >= 15 is 0 Å². The number of hydrogen-bond donors (Lipinski definition) is 0. The first-order valence-corrected chi connectivity index (χ1v) is 13.8. The predicted molar refractivity (Wildman–Crippen MR) is 86.7 cm³/mol. The molecule has 0 bridgehead atoms. The molecule has 0 heterocycles. The zero-order valence-corrected chi connectivity index (χ0v) is 17.0. The van der Waals surface area contributed by atoms with Crippen LogP contribution in [-0.2, 0) is 9.16 Å². The van der Waals surface area contributed by atoms with Crippen LogP contribution >= 0.6 is 0 Å². The van der Waals surface area contributed by atoms with Crippen molar-refractivity contribution >= 4 is 16.4 Å². The molecule has 0 aromatic heterocycles. The first kappa shape index (κ1) is 21.1. The monoisotopic (exact) mass is 344 g/mol. The maximum atomic E-state index is 13.0. The van der Waals surface area contributed by atoms with Gasteiger partial charge in [-0.2, -0.15) is 13.2 Å². The molecular weight excluding hydrogens is 313 g/mol. The SMILES string of the molecule is CC(OC(C)(C)C(F)(F)F)[Si](C)(C)OC(C)(C)[Si](C)(C)C. The zero-order chi connectivity index (χ0) is 17.5. The molecule has 0 saturated heterocycles. The maximum absolute atomic E-state index is 13.0. The topological polar surface area (TPSA) is 18.5 Å². The maximum Gasteiger partial charge on any atom is 0.416 e. The van der Waals surface area contributed by atoms with Gasteiger partial charge in [-0.1, -0.05) is 19.6 Å². The lowest BCUT2D eigenvalue weighted by Crippen LogP contribution is -2.60. The molecule has 2 nitrogen and oxygen atoms in total. The molecule has 1 atom stereocenters. The lowest BCUT2D eigenvalue weighted by Gasteiger charge is -2.46. The summed E-state index contributed by atoms with van der Waals surface area (Å²) in [5.41, 5.74) is -2.71. The van der Waals surface area contributed by atoms with E-state index in [2.05, 4.69) is 19.6 Å². The third kappa shape index (κ3) is 5.37. The van der Waals surface area contributed by atoms with Crippen LogP contribution in [0.2, 0.25) is 32.7 Å². The van der Waals surface area contributed by atoms with Gasteiger partial charge in [-0.05, 0) is 47.7 Å². The highest BCUT2D eigenvalue weighted by Gasteiger charge is 2.52. The standard InChI is InChI=1S/C14H31F3O2Si2/c1-11(18-12(2,3)14(15,16)17)21(9,10)19-13(4,5)20(6,7)8/h11H,1-10H3. The summed E-state index contributed by atoms with van der Waals surface area (Å²) in [4.78, 5) is 0. The van der Waals surface area contributed by atoms with E-state index in [4.69, 9.17) is 9.16 Å². The molecule has 0 aliphatic heterocycles. The van der Waals surface area contributed by atoms with Crippen molar-refractivity contribution in [1.29, 1.82) is 0 Å². The van der Waals surface area contributed by atoms with E-state index in [0.29, 0.717) is 0 Å². The number of ether oxygens (including phenoxy) is 1. The van der Waals surface area contributed by atoms with Gasteiger partial charge in [-0.3, -0.25) is 0 Å². The molecule has 0 rings (SSSR count). The molecular formula is C14H31F3O2Si2. The van der Waals surface area contributed by atoms with Crippen molar-refractivity contribution < 1.29 is 22.3 Å². The van der Waals surface area contributed by atoms with Gasteiger partial charge in [-0.15, -0.1) is 0 Å². The fraction of sp³-hybridized carbons (Fsp3) is 1.00. The average molecular weight is 345 g/mol. The summed E-state index contributed by atoms with van der Waals surface area (Å²) in [5, 5.41) is -0.303. The molecule has 0 aliphatic carbocycles. The molecule has 1 unspecified atom stereocenters. The molecule has 0 aromatic carbocycles. The minimum Gasteiger partial charge on any atom is -0.413 e. The minimum absolute atomic E-state index is 0.303. The van der Waals surface area contributed by atoms with Gasteiger partial charge in [0.1, 0.15) is 0 Å². The fourth-order valence-corrected chi connectivity index (χ4v) is 5.62. The van der Waals surface area contributed by atoms with Gasteiger partial charge in [0.05, 0.1) is 13.8 Å². The number of hydrogen-bond acceptors (Lipinski definition) is 2. The van der Waals surface area contributed by atoms with Gasteiger partial charge in [-0.25, -0.2) is 0 Å². The average Bonchev–Trinajstić information content (AvgIpc) is 2.10. The van der Waals surface area contributed by atoms with Crippen molar-refractivity contribution in [1.82, 2.24) is 0 Å². The molecule has 0 saturated carbocycles. The van der Waals surface area contributed by atoms with Crippen LogP contribution in [0, 0.1) is 0 Å². The van der Waals surface area contributed by atoms with Gasteiger partial charge in [0.15, 0.2) is 5.60 Å². The van der Waals surface area contributed by atoms with E-state index in [9.17, 15) is 13.2 Å². The molecule has 0 amide bonds. The summed E-state index contributed by atoms with van der Waals surface area (Å²) in [6, 6.07) is 0. The smallest absolute Gasteiger partial charge is 0.413 e. The summed E-state index contributed by atoms with van der Waals surface area (Å²) in [6.07, 6.45) is -4.39. The van der Waals surface area contributed by atoms with Crippen LogP contribution in [0.3, 0.4) is 0 Å². The third-order valence-corrected chi connectivity index (χ3v) is 11.5. The normalized spacial score (nSPS) is 17.0. The Bertz CT molecular complexity index is 358. The molecule has 0 spiro atoms. The molecule has 0 aromatic rings. The summed E-state index contributed by atoms with van der Waals surface area (Å²) < 4.78 is 50.6. The Hall–Kier alpha value is 0.144. The molecule has 0 fully saturated rings. The summed E-state index contributed by atoms with van der Waals surface area (Å²) in [7, 11) is -4.03. The number of rotatable bonds is 6. The second-order valence-corrected chi connectivity index (χ2v) is 18.2. The highest BCUT2D eigenvalue weighted by molar-refractivity contribution is 6.81. The minimum atomic E-state index is -4.39. The predicted octanol–water partition coefficient (Wildman–Crippen LogP) is 5.15. The van der Waals surface area contributed by atoms with Crippen molar-refractivity contribution in [2.75, 3.05) is 0 Å². The third-order valence-electron chi connectivity index (χ3n) is 4.46. The van der Waals surface area contributed by atoms with Crippen molar-refractivity contribution in [3.8, 4) is 0 Å². The number of halogens is 3. The van der Waals surface area contributed by atoms with E-state index in [1.165, 1.54) is 0 Å². The first-order chi connectivity index (χ1) is 8.83. The van der Waals surface area contributed by atoms with Crippen LogP contribution in [0.5, 0.6) is 0 Å². The molecule has 0 N–H and O–H groups in total. The van der Waals surface area contributed by atoms with Crippen LogP contribution in [-0.4, -0.2) is 39.1 Å². The second-order valence-electron chi connectivity index (χ2n) is 8.23. The van der Waals surface area contributed by atoms with Crippen molar-refractivity contribution in [3.63, 3.8) is 0 Å². The largest absolute Gasteiger partial charge is 0.416 e. The van der Waals surface area contributed by atoms with E-state index in [-0.39, 0.29) is 5.22 Å². The molecule has 21 heavy (non-hydrogen) atoms. The van der Waals surface area contributed by atoms with Crippen molar-refractivity contribution in [3.05, 3.63) is 0 Å². The Morgan fingerprint density at radius 1 is 0.857 bits per heavy atom. The summed E-state index contributed by atoms with van der Waals surface area (Å²) >= 11 is 0. The van der Waals surface area contributed by atoms with Gasteiger partial charge in [0, 0.05) is 5.22 Å². The van der Waals surface area contributed by atoms with Gasteiger partial charge in [0.25, 0.3) is 0 Å². The highest BCUT2D eigenvalue weighted by Crippen LogP contribution is 2.36. The first-order valence-electron chi connectivity index (χ1n) is 7.28. The van der Waals surface area contributed by atoms with Gasteiger partial charge >= 0.3 is 6.18 Å². The van der Waals surface area contributed by atoms with E-state index in [1.807, 2.05) is 26.9 Å². The van der Waals surface area contributed by atoms with Crippen LogP contribution < -0.4 is 0 Å². The summed E-state index contributed by atoms with van der Waals surface area (Å²) in [6.45, 7) is 18.3. The van der Waals surface area contributed by atoms with Crippen LogP contribution in [0.25, 0.3) is 0 Å². The Morgan fingerprint density at radius 2 is 1.24 bits per heavy atom. The molecule has 0 radical (unpaired) electrons. The Labute approximate surface area is 129 Å². The van der Waals surface area contributed by atoms with Crippen LogP contribution in [0.15, 0.2) is 0 Å². The fourth-order valence-electron chi connectivity index (χ4n) is 1.54. The van der Waals surface area contributed by atoms with Gasteiger partial charge < -0.3 is 9.16 Å². The van der Waals surface area contributed by atoms with E-state index < -0.39 is 33.9 Å². The Balaban J connectivity index is 5.11. The molecule has 128 valence electrons. The summed E-state index contributed by atoms with van der Waals surface area (Å²) in [5.74, 6) is 0. The van der Waals surface area contributed by atoms with Crippen LogP contribution in [0.1, 0.15) is 34.6 Å². The Morgan fingerprint density at radius 3 is 1.52 bits per heavy atom. The van der Waals surface area contributed by atoms with E-state index in [1.54, 1.807) is 6.92 Å². The highest BCUT2D eigenvalue weighted by atomic mass is 28.4. The van der Waals surface area contributed by atoms with Crippen molar-refractivity contribution in [2.24, 2.45) is 0 Å². The van der Waals surface area contributed by atoms with Crippen LogP contribution in [0.4, 0.5) is 13.2 Å². The Kier molecular flexibility index (Phi) is 6.02. The van der Waals surface area contributed by atoms with Gasteiger partial charge in [0.2, 0.25) is 8.32 Å².